The summed E-state index contributed by atoms with van der Waals surface area (Å²) in [6, 6.07) is 9.47. The minimum absolute atomic E-state index is 0.173. The molecular weight excluding hydrogens is 316 g/mol. The maximum atomic E-state index is 12.3. The summed E-state index contributed by atoms with van der Waals surface area (Å²) < 4.78 is 5.21. The molecule has 0 radical (unpaired) electrons. The van der Waals surface area contributed by atoms with Gasteiger partial charge in [0.15, 0.2) is 0 Å². The van der Waals surface area contributed by atoms with Crippen molar-refractivity contribution >= 4 is 11.6 Å². The Morgan fingerprint density at radius 3 is 2.80 bits per heavy atom. The van der Waals surface area contributed by atoms with Crippen molar-refractivity contribution in [2.45, 2.75) is 13.0 Å². The largest absolute Gasteiger partial charge is 0.467 e. The third kappa shape index (κ3) is 4.67. The number of hydrogen-bond acceptors (Lipinski definition) is 5. The Labute approximate surface area is 146 Å². The van der Waals surface area contributed by atoms with Crippen molar-refractivity contribution in [1.82, 2.24) is 15.3 Å². The highest BCUT2D eigenvalue weighted by Crippen LogP contribution is 2.14. The SMILES string of the molecule is CN(CCc1ccncc1)c1cncc(C(=O)NCc2ccco2)c1. The van der Waals surface area contributed by atoms with Gasteiger partial charge in [0.2, 0.25) is 0 Å². The molecule has 3 rings (SSSR count). The Morgan fingerprint density at radius 2 is 2.04 bits per heavy atom. The van der Waals surface area contributed by atoms with Gasteiger partial charge in [-0.15, -0.1) is 0 Å². The van der Waals surface area contributed by atoms with Crippen LogP contribution < -0.4 is 10.2 Å². The van der Waals surface area contributed by atoms with E-state index >= 15 is 0 Å². The monoisotopic (exact) mass is 336 g/mol. The lowest BCUT2D eigenvalue weighted by Gasteiger charge is -2.19. The number of carbonyl (C=O) groups excluding carboxylic acids is 1. The number of aromatic nitrogens is 2. The summed E-state index contributed by atoms with van der Waals surface area (Å²) in [6.45, 7) is 1.18. The highest BCUT2D eigenvalue weighted by molar-refractivity contribution is 5.94. The number of pyridine rings is 2. The van der Waals surface area contributed by atoms with Gasteiger partial charge in [-0.3, -0.25) is 14.8 Å². The number of hydrogen-bond donors (Lipinski definition) is 1. The van der Waals surface area contributed by atoms with Crippen molar-refractivity contribution in [2.24, 2.45) is 0 Å². The summed E-state index contributed by atoms with van der Waals surface area (Å²) in [7, 11) is 1.99. The maximum absolute atomic E-state index is 12.3. The predicted molar refractivity (Wildman–Crippen MR) is 95.3 cm³/mol. The van der Waals surface area contributed by atoms with Gasteiger partial charge < -0.3 is 14.6 Å². The molecule has 0 unspecified atom stereocenters. The molecule has 0 atom stereocenters. The van der Waals surface area contributed by atoms with E-state index in [1.54, 1.807) is 37.1 Å². The van der Waals surface area contributed by atoms with Crippen molar-refractivity contribution in [3.63, 3.8) is 0 Å². The molecule has 0 spiro atoms. The molecule has 0 bridgehead atoms. The van der Waals surface area contributed by atoms with Gasteiger partial charge in [0.25, 0.3) is 5.91 Å². The summed E-state index contributed by atoms with van der Waals surface area (Å²) in [6.07, 6.45) is 9.39. The number of nitrogens with zero attached hydrogens (tertiary/aromatic N) is 3. The van der Waals surface area contributed by atoms with Crippen LogP contribution >= 0.6 is 0 Å². The molecule has 0 fully saturated rings. The van der Waals surface area contributed by atoms with E-state index in [9.17, 15) is 4.79 Å². The van der Waals surface area contributed by atoms with Gasteiger partial charge in [0, 0.05) is 32.2 Å². The standard InChI is InChI=1S/C19H20N4O2/c1-23(9-6-15-4-7-20-8-5-15)17-11-16(12-21-13-17)19(24)22-14-18-3-2-10-25-18/h2-5,7-8,10-13H,6,9,14H2,1H3,(H,22,24). The zero-order valence-corrected chi connectivity index (χ0v) is 14.1. The Morgan fingerprint density at radius 1 is 1.20 bits per heavy atom. The lowest BCUT2D eigenvalue weighted by Crippen LogP contribution is -2.24. The van der Waals surface area contributed by atoms with Crippen molar-refractivity contribution in [1.29, 1.82) is 0 Å². The minimum Gasteiger partial charge on any atom is -0.467 e. The number of likely N-dealkylation sites (N-methyl/N-ethyl adjacent to an activating group) is 1. The van der Waals surface area contributed by atoms with E-state index in [-0.39, 0.29) is 5.91 Å². The van der Waals surface area contributed by atoms with Crippen molar-refractivity contribution in [3.8, 4) is 0 Å². The van der Waals surface area contributed by atoms with Crippen LogP contribution in [0.4, 0.5) is 5.69 Å². The maximum Gasteiger partial charge on any atom is 0.253 e. The first-order valence-electron chi connectivity index (χ1n) is 8.08. The van der Waals surface area contributed by atoms with Gasteiger partial charge in [0.05, 0.1) is 30.3 Å². The summed E-state index contributed by atoms with van der Waals surface area (Å²) >= 11 is 0. The summed E-state index contributed by atoms with van der Waals surface area (Å²) in [5, 5.41) is 2.83. The van der Waals surface area contributed by atoms with Gasteiger partial charge in [-0.2, -0.15) is 0 Å². The average molecular weight is 336 g/mol. The summed E-state index contributed by atoms with van der Waals surface area (Å²) in [5.74, 6) is 0.542. The number of carbonyl (C=O) groups is 1. The fourth-order valence-corrected chi connectivity index (χ4v) is 2.42. The number of amides is 1. The van der Waals surface area contributed by atoms with E-state index in [1.807, 2.05) is 31.3 Å². The smallest absolute Gasteiger partial charge is 0.253 e. The molecule has 0 aliphatic carbocycles. The third-order valence-corrected chi connectivity index (χ3v) is 3.92. The van der Waals surface area contributed by atoms with E-state index in [4.69, 9.17) is 4.42 Å². The highest BCUT2D eigenvalue weighted by Gasteiger charge is 2.10. The first-order valence-corrected chi connectivity index (χ1v) is 8.08. The van der Waals surface area contributed by atoms with Crippen LogP contribution in [0.3, 0.4) is 0 Å². The molecule has 0 saturated heterocycles. The zero-order valence-electron chi connectivity index (χ0n) is 14.1. The second-order valence-corrected chi connectivity index (χ2v) is 5.72. The molecule has 0 aliphatic heterocycles. The molecule has 6 heteroatoms. The molecule has 25 heavy (non-hydrogen) atoms. The number of anilines is 1. The molecule has 128 valence electrons. The first kappa shape index (κ1) is 16.7. The minimum atomic E-state index is -0.173. The van der Waals surface area contributed by atoms with Gasteiger partial charge in [0.1, 0.15) is 5.76 Å². The Kier molecular flexibility index (Phi) is 5.41. The topological polar surface area (TPSA) is 71.3 Å². The number of furan rings is 1. The molecule has 3 aromatic heterocycles. The second-order valence-electron chi connectivity index (χ2n) is 5.72. The van der Waals surface area contributed by atoms with Crippen LogP contribution in [-0.2, 0) is 13.0 Å². The Balaban J connectivity index is 1.59. The molecule has 3 aromatic rings. The molecule has 1 N–H and O–H groups in total. The van der Waals surface area contributed by atoms with Crippen molar-refractivity contribution in [2.75, 3.05) is 18.5 Å². The lowest BCUT2D eigenvalue weighted by atomic mass is 10.2. The van der Waals surface area contributed by atoms with E-state index in [0.29, 0.717) is 17.9 Å². The zero-order chi connectivity index (χ0) is 17.5. The highest BCUT2D eigenvalue weighted by atomic mass is 16.3. The molecule has 0 aromatic carbocycles. The molecule has 3 heterocycles. The van der Waals surface area contributed by atoms with E-state index in [0.717, 1.165) is 18.7 Å². The fourth-order valence-electron chi connectivity index (χ4n) is 2.42. The van der Waals surface area contributed by atoms with Crippen LogP contribution in [-0.4, -0.2) is 29.5 Å². The average Bonchev–Trinajstić information content (AvgIpc) is 3.18. The first-order chi connectivity index (χ1) is 12.2. The lowest BCUT2D eigenvalue weighted by molar-refractivity contribution is 0.0947. The normalized spacial score (nSPS) is 10.4. The van der Waals surface area contributed by atoms with Crippen LogP contribution in [0.2, 0.25) is 0 Å². The quantitative estimate of drug-likeness (QED) is 0.718. The number of nitrogens with one attached hydrogen (secondary N) is 1. The predicted octanol–water partition coefficient (Wildman–Crippen LogP) is 2.68. The third-order valence-electron chi connectivity index (χ3n) is 3.92. The Bertz CT molecular complexity index is 803. The fraction of sp³-hybridized carbons (Fsp3) is 0.211. The second kappa shape index (κ2) is 8.10. The summed E-state index contributed by atoms with van der Waals surface area (Å²) in [4.78, 5) is 22.6. The van der Waals surface area contributed by atoms with Crippen LogP contribution in [0.25, 0.3) is 0 Å². The van der Waals surface area contributed by atoms with Crippen LogP contribution in [0.1, 0.15) is 21.7 Å². The molecule has 0 aliphatic rings. The molecule has 1 amide bonds. The Hall–Kier alpha value is -3.15. The number of rotatable bonds is 7. The molecule has 6 nitrogen and oxygen atoms in total. The van der Waals surface area contributed by atoms with Gasteiger partial charge >= 0.3 is 0 Å². The van der Waals surface area contributed by atoms with Crippen molar-refractivity contribution < 1.29 is 9.21 Å². The van der Waals surface area contributed by atoms with Crippen LogP contribution in [0, 0.1) is 0 Å². The van der Waals surface area contributed by atoms with Crippen LogP contribution in [0.15, 0.2) is 65.8 Å². The van der Waals surface area contributed by atoms with E-state index in [2.05, 4.69) is 20.2 Å². The van der Waals surface area contributed by atoms with E-state index in [1.165, 1.54) is 5.56 Å². The van der Waals surface area contributed by atoms with Gasteiger partial charge in [-0.1, -0.05) is 0 Å². The molecule has 0 saturated carbocycles. The van der Waals surface area contributed by atoms with Gasteiger partial charge in [-0.05, 0) is 42.3 Å². The summed E-state index contributed by atoms with van der Waals surface area (Å²) in [5.41, 5.74) is 2.65. The molecular formula is C19H20N4O2. The van der Waals surface area contributed by atoms with Crippen molar-refractivity contribution in [3.05, 3.63) is 78.3 Å². The van der Waals surface area contributed by atoms with Crippen LogP contribution in [0.5, 0.6) is 0 Å². The van der Waals surface area contributed by atoms with E-state index < -0.39 is 0 Å². The van der Waals surface area contributed by atoms with Gasteiger partial charge in [-0.25, -0.2) is 0 Å².